The fourth-order valence-corrected chi connectivity index (χ4v) is 2.92. The lowest BCUT2D eigenvalue weighted by molar-refractivity contribution is 0.391. The van der Waals surface area contributed by atoms with E-state index >= 15 is 0 Å². The van der Waals surface area contributed by atoms with E-state index in [0.29, 0.717) is 16.8 Å². The van der Waals surface area contributed by atoms with Crippen LogP contribution in [0.3, 0.4) is 0 Å². The van der Waals surface area contributed by atoms with Crippen molar-refractivity contribution >= 4 is 21.1 Å². The zero-order valence-electron chi connectivity index (χ0n) is 12.8. The topological polar surface area (TPSA) is 103 Å². The molecular weight excluding hydrogens is 322 g/mol. The highest BCUT2D eigenvalue weighted by molar-refractivity contribution is 7.88. The minimum Gasteiger partial charge on any atom is -0.446 e. The molecule has 9 nitrogen and oxygen atoms in total. The Morgan fingerprint density at radius 3 is 2.74 bits per heavy atom. The number of hydrogen-bond donors (Lipinski definition) is 0. The van der Waals surface area contributed by atoms with Crippen LogP contribution in [-0.4, -0.2) is 46.1 Å². The first kappa shape index (κ1) is 15.4. The van der Waals surface area contributed by atoms with Gasteiger partial charge in [0.15, 0.2) is 5.65 Å². The Balaban J connectivity index is 1.96. The molecule has 0 atom stereocenters. The van der Waals surface area contributed by atoms with Crippen molar-refractivity contribution in [2.45, 2.75) is 11.6 Å². The maximum Gasteiger partial charge on any atom is 0.275 e. The fourth-order valence-electron chi connectivity index (χ4n) is 2.11. The quantitative estimate of drug-likeness (QED) is 0.665. The number of aryl methyl sites for hydroxylation is 1. The number of nitrogens with zero attached hydrogens (tertiary/aromatic N) is 5. The minimum absolute atomic E-state index is 0.0830. The zero-order chi connectivity index (χ0) is 16.8. The predicted molar refractivity (Wildman–Crippen MR) is 81.5 cm³/mol. The lowest BCUT2D eigenvalue weighted by atomic mass is 10.4. The van der Waals surface area contributed by atoms with Crippen molar-refractivity contribution in [2.24, 2.45) is 7.05 Å². The summed E-state index contributed by atoms with van der Waals surface area (Å²) in [5, 5.41) is 4.22. The SMILES string of the molecule is CN(C)S(=O)(=O)c1ccc(Cn2cnc3c(cnn3C)c2=O)o1. The van der Waals surface area contributed by atoms with Crippen LogP contribution in [0.1, 0.15) is 5.76 Å². The second kappa shape index (κ2) is 5.32. The zero-order valence-corrected chi connectivity index (χ0v) is 13.6. The molecule has 0 aliphatic rings. The van der Waals surface area contributed by atoms with Gasteiger partial charge in [-0.25, -0.2) is 17.7 Å². The van der Waals surface area contributed by atoms with E-state index in [1.165, 1.54) is 48.0 Å². The van der Waals surface area contributed by atoms with E-state index in [9.17, 15) is 13.2 Å². The van der Waals surface area contributed by atoms with E-state index in [1.807, 2.05) is 0 Å². The summed E-state index contributed by atoms with van der Waals surface area (Å²) in [5.74, 6) is 0.345. The van der Waals surface area contributed by atoms with E-state index in [1.54, 1.807) is 7.05 Å². The van der Waals surface area contributed by atoms with Gasteiger partial charge in [-0.1, -0.05) is 0 Å². The molecule has 0 aliphatic heterocycles. The molecular formula is C13H15N5O4S. The van der Waals surface area contributed by atoms with Crippen molar-refractivity contribution in [2.75, 3.05) is 14.1 Å². The summed E-state index contributed by atoms with van der Waals surface area (Å²) in [6, 6.07) is 2.89. The van der Waals surface area contributed by atoms with Gasteiger partial charge < -0.3 is 4.42 Å². The fraction of sp³-hybridized carbons (Fsp3) is 0.308. The third-order valence-corrected chi connectivity index (χ3v) is 5.11. The predicted octanol–water partition coefficient (Wildman–Crippen LogP) is 0.0216. The lowest BCUT2D eigenvalue weighted by Gasteiger charge is -2.08. The third-order valence-electron chi connectivity index (χ3n) is 3.42. The Kier molecular flexibility index (Phi) is 3.57. The van der Waals surface area contributed by atoms with Crippen molar-refractivity contribution in [1.82, 2.24) is 23.6 Å². The number of furan rings is 1. The van der Waals surface area contributed by atoms with Crippen LogP contribution in [-0.2, 0) is 23.6 Å². The average molecular weight is 337 g/mol. The van der Waals surface area contributed by atoms with Crippen LogP contribution in [0.15, 0.2) is 39.0 Å². The Morgan fingerprint density at radius 2 is 2.04 bits per heavy atom. The molecule has 0 radical (unpaired) electrons. The second-order valence-corrected chi connectivity index (χ2v) is 7.27. The van der Waals surface area contributed by atoms with Gasteiger partial charge in [0, 0.05) is 21.1 Å². The van der Waals surface area contributed by atoms with Gasteiger partial charge in [0.1, 0.15) is 17.5 Å². The van der Waals surface area contributed by atoms with Crippen LogP contribution in [0.2, 0.25) is 0 Å². The second-order valence-electron chi connectivity index (χ2n) is 5.19. The van der Waals surface area contributed by atoms with Gasteiger partial charge in [-0.2, -0.15) is 5.10 Å². The Morgan fingerprint density at radius 1 is 1.30 bits per heavy atom. The largest absolute Gasteiger partial charge is 0.446 e. The number of hydrogen-bond acceptors (Lipinski definition) is 6. The normalized spacial score (nSPS) is 12.3. The van der Waals surface area contributed by atoms with Gasteiger partial charge in [-0.05, 0) is 12.1 Å². The summed E-state index contributed by atoms with van der Waals surface area (Å²) in [4.78, 5) is 16.5. The molecule has 0 spiro atoms. The van der Waals surface area contributed by atoms with Gasteiger partial charge >= 0.3 is 0 Å². The van der Waals surface area contributed by atoms with Crippen LogP contribution in [0.25, 0.3) is 11.0 Å². The molecule has 122 valence electrons. The van der Waals surface area contributed by atoms with Gasteiger partial charge in [-0.15, -0.1) is 0 Å². The molecule has 0 N–H and O–H groups in total. The highest BCUT2D eigenvalue weighted by Gasteiger charge is 2.21. The molecule has 0 aliphatic carbocycles. The highest BCUT2D eigenvalue weighted by atomic mass is 32.2. The van der Waals surface area contributed by atoms with E-state index in [-0.39, 0.29) is 17.2 Å². The highest BCUT2D eigenvalue weighted by Crippen LogP contribution is 2.17. The van der Waals surface area contributed by atoms with E-state index in [2.05, 4.69) is 10.1 Å². The van der Waals surface area contributed by atoms with Gasteiger partial charge in [-0.3, -0.25) is 14.0 Å². The first-order valence-corrected chi connectivity index (χ1v) is 8.13. The standard InChI is InChI=1S/C13H15N5O4S/c1-16(2)23(20,21)11-5-4-9(22-11)7-18-8-14-12-10(13(18)19)6-15-17(12)3/h4-6,8H,7H2,1-3H3. The van der Waals surface area contributed by atoms with Crippen LogP contribution in [0, 0.1) is 0 Å². The Labute approximate surface area is 131 Å². The molecule has 0 aromatic carbocycles. The molecule has 0 fully saturated rings. The number of sulfonamides is 1. The maximum atomic E-state index is 12.4. The first-order valence-electron chi connectivity index (χ1n) is 6.69. The molecule has 3 rings (SSSR count). The van der Waals surface area contributed by atoms with Crippen molar-refractivity contribution in [3.8, 4) is 0 Å². The Bertz CT molecular complexity index is 1030. The summed E-state index contributed by atoms with van der Waals surface area (Å²) in [6.45, 7) is 0.0830. The average Bonchev–Trinajstić information content (AvgIpc) is 3.10. The molecule has 0 unspecified atom stereocenters. The van der Waals surface area contributed by atoms with Crippen molar-refractivity contribution in [3.63, 3.8) is 0 Å². The Hall–Kier alpha value is -2.46. The number of aromatic nitrogens is 4. The van der Waals surface area contributed by atoms with E-state index in [0.717, 1.165) is 4.31 Å². The summed E-state index contributed by atoms with van der Waals surface area (Å²) in [5.41, 5.74) is 0.220. The van der Waals surface area contributed by atoms with E-state index in [4.69, 9.17) is 4.42 Å². The van der Waals surface area contributed by atoms with Crippen molar-refractivity contribution < 1.29 is 12.8 Å². The van der Waals surface area contributed by atoms with Crippen molar-refractivity contribution in [1.29, 1.82) is 0 Å². The molecule has 10 heteroatoms. The van der Waals surface area contributed by atoms with E-state index < -0.39 is 10.0 Å². The van der Waals surface area contributed by atoms with Crippen LogP contribution >= 0.6 is 0 Å². The molecule has 0 amide bonds. The van der Waals surface area contributed by atoms with Gasteiger partial charge in [0.2, 0.25) is 5.09 Å². The van der Waals surface area contributed by atoms with Crippen LogP contribution < -0.4 is 5.56 Å². The first-order chi connectivity index (χ1) is 10.8. The molecule has 3 heterocycles. The number of fused-ring (bicyclic) bond motifs is 1. The molecule has 0 saturated heterocycles. The van der Waals surface area contributed by atoms with Crippen LogP contribution in [0.5, 0.6) is 0 Å². The summed E-state index contributed by atoms with van der Waals surface area (Å²) in [7, 11) is 0.897. The molecule has 3 aromatic heterocycles. The van der Waals surface area contributed by atoms with Crippen molar-refractivity contribution in [3.05, 3.63) is 40.8 Å². The molecule has 23 heavy (non-hydrogen) atoms. The molecule has 3 aromatic rings. The minimum atomic E-state index is -3.64. The van der Waals surface area contributed by atoms with Gasteiger partial charge in [0.05, 0.1) is 12.7 Å². The summed E-state index contributed by atoms with van der Waals surface area (Å²) >= 11 is 0. The smallest absolute Gasteiger partial charge is 0.275 e. The third kappa shape index (κ3) is 2.55. The monoisotopic (exact) mass is 337 g/mol. The number of rotatable bonds is 4. The molecule has 0 saturated carbocycles. The molecule has 0 bridgehead atoms. The van der Waals surface area contributed by atoms with Gasteiger partial charge in [0.25, 0.3) is 15.6 Å². The van der Waals surface area contributed by atoms with Crippen LogP contribution in [0.4, 0.5) is 0 Å². The summed E-state index contributed by atoms with van der Waals surface area (Å²) < 4.78 is 33.2. The lowest BCUT2D eigenvalue weighted by Crippen LogP contribution is -2.22. The summed E-state index contributed by atoms with van der Waals surface area (Å²) in [6.07, 6.45) is 2.83. The maximum absolute atomic E-state index is 12.4.